The summed E-state index contributed by atoms with van der Waals surface area (Å²) in [4.78, 5) is 4.27. The zero-order valence-corrected chi connectivity index (χ0v) is 14.4. The van der Waals surface area contributed by atoms with Crippen LogP contribution in [0.15, 0.2) is 4.99 Å². The molecule has 1 saturated heterocycles. The SMILES string of the molecule is CN=C(NCCCC1CC1)NCC1CCCS1.I. The van der Waals surface area contributed by atoms with E-state index < -0.39 is 0 Å². The summed E-state index contributed by atoms with van der Waals surface area (Å²) in [7, 11) is 1.86. The molecule has 1 aliphatic carbocycles. The molecule has 106 valence electrons. The second kappa shape index (κ2) is 9.28. The Morgan fingerprint density at radius 1 is 1.28 bits per heavy atom. The van der Waals surface area contributed by atoms with E-state index in [2.05, 4.69) is 27.4 Å². The van der Waals surface area contributed by atoms with E-state index in [1.165, 1.54) is 44.3 Å². The van der Waals surface area contributed by atoms with Crippen molar-refractivity contribution in [3.8, 4) is 0 Å². The molecular weight excluding hydrogens is 357 g/mol. The lowest BCUT2D eigenvalue weighted by atomic mass is 10.2. The minimum Gasteiger partial charge on any atom is -0.356 e. The molecule has 2 rings (SSSR count). The molecule has 0 bridgehead atoms. The smallest absolute Gasteiger partial charge is 0.191 e. The number of rotatable bonds is 6. The summed E-state index contributed by atoms with van der Waals surface area (Å²) >= 11 is 2.09. The van der Waals surface area contributed by atoms with Crippen molar-refractivity contribution in [3.05, 3.63) is 0 Å². The zero-order chi connectivity index (χ0) is 11.9. The molecule has 2 fully saturated rings. The monoisotopic (exact) mass is 383 g/mol. The van der Waals surface area contributed by atoms with E-state index in [1.54, 1.807) is 0 Å². The van der Waals surface area contributed by atoms with Crippen molar-refractivity contribution in [3.63, 3.8) is 0 Å². The van der Waals surface area contributed by atoms with Gasteiger partial charge in [0.1, 0.15) is 0 Å². The highest BCUT2D eigenvalue weighted by Crippen LogP contribution is 2.33. The molecule has 5 heteroatoms. The second-order valence-electron chi connectivity index (χ2n) is 5.10. The minimum atomic E-state index is 0. The van der Waals surface area contributed by atoms with Gasteiger partial charge in [-0.3, -0.25) is 4.99 Å². The number of guanidine groups is 1. The van der Waals surface area contributed by atoms with Crippen molar-refractivity contribution in [2.45, 2.75) is 43.8 Å². The van der Waals surface area contributed by atoms with Gasteiger partial charge in [-0.25, -0.2) is 0 Å². The topological polar surface area (TPSA) is 36.4 Å². The number of hydrogen-bond acceptors (Lipinski definition) is 2. The third kappa shape index (κ3) is 6.50. The molecule has 1 heterocycles. The largest absolute Gasteiger partial charge is 0.356 e. The molecule has 0 amide bonds. The first-order valence-corrected chi connectivity index (χ1v) is 7.99. The molecule has 0 aromatic carbocycles. The molecule has 18 heavy (non-hydrogen) atoms. The van der Waals surface area contributed by atoms with Crippen LogP contribution in [0.3, 0.4) is 0 Å². The van der Waals surface area contributed by atoms with E-state index in [-0.39, 0.29) is 24.0 Å². The number of aliphatic imine (C=N–C) groups is 1. The van der Waals surface area contributed by atoms with Crippen LogP contribution in [-0.4, -0.2) is 37.1 Å². The number of hydrogen-bond donors (Lipinski definition) is 2. The first kappa shape index (κ1) is 16.4. The molecule has 1 aliphatic heterocycles. The van der Waals surface area contributed by atoms with Crippen LogP contribution in [0.2, 0.25) is 0 Å². The molecule has 0 aromatic rings. The first-order valence-electron chi connectivity index (χ1n) is 6.94. The van der Waals surface area contributed by atoms with Crippen LogP contribution in [0, 0.1) is 5.92 Å². The maximum absolute atomic E-state index is 4.27. The van der Waals surface area contributed by atoms with E-state index in [0.717, 1.165) is 30.2 Å². The standard InChI is InChI=1S/C13H25N3S.HI/c1-14-13(15-8-2-4-11-6-7-11)16-10-12-5-3-9-17-12;/h11-12H,2-10H2,1H3,(H2,14,15,16);1H. The van der Waals surface area contributed by atoms with Crippen molar-refractivity contribution in [2.75, 3.05) is 25.9 Å². The summed E-state index contributed by atoms with van der Waals surface area (Å²) in [6, 6.07) is 0. The van der Waals surface area contributed by atoms with Crippen LogP contribution in [0.1, 0.15) is 38.5 Å². The Kier molecular flexibility index (Phi) is 8.46. The van der Waals surface area contributed by atoms with Crippen LogP contribution in [0.4, 0.5) is 0 Å². The fourth-order valence-electron chi connectivity index (χ4n) is 2.24. The number of nitrogens with zero attached hydrogens (tertiary/aromatic N) is 1. The highest BCUT2D eigenvalue weighted by atomic mass is 127. The van der Waals surface area contributed by atoms with Crippen LogP contribution in [-0.2, 0) is 0 Å². The molecule has 3 nitrogen and oxygen atoms in total. The molecule has 0 spiro atoms. The zero-order valence-electron chi connectivity index (χ0n) is 11.3. The number of halogens is 1. The third-order valence-electron chi connectivity index (χ3n) is 3.52. The van der Waals surface area contributed by atoms with Gasteiger partial charge < -0.3 is 10.6 Å². The number of nitrogens with one attached hydrogen (secondary N) is 2. The maximum Gasteiger partial charge on any atom is 0.191 e. The van der Waals surface area contributed by atoms with Gasteiger partial charge in [0.05, 0.1) is 0 Å². The maximum atomic E-state index is 4.27. The fourth-order valence-corrected chi connectivity index (χ4v) is 3.44. The van der Waals surface area contributed by atoms with Gasteiger partial charge in [-0.15, -0.1) is 24.0 Å². The first-order chi connectivity index (χ1) is 8.38. The summed E-state index contributed by atoms with van der Waals surface area (Å²) in [5, 5.41) is 7.63. The van der Waals surface area contributed by atoms with E-state index >= 15 is 0 Å². The summed E-state index contributed by atoms with van der Waals surface area (Å²) in [5.41, 5.74) is 0. The fraction of sp³-hybridized carbons (Fsp3) is 0.923. The van der Waals surface area contributed by atoms with Gasteiger partial charge in [0.25, 0.3) is 0 Å². The summed E-state index contributed by atoms with van der Waals surface area (Å²) < 4.78 is 0. The van der Waals surface area contributed by atoms with Gasteiger partial charge in [0, 0.05) is 25.4 Å². The van der Waals surface area contributed by atoms with Gasteiger partial charge in [-0.2, -0.15) is 11.8 Å². The van der Waals surface area contributed by atoms with Crippen LogP contribution >= 0.6 is 35.7 Å². The second-order valence-corrected chi connectivity index (χ2v) is 6.51. The highest BCUT2D eigenvalue weighted by molar-refractivity contribution is 14.0. The van der Waals surface area contributed by atoms with Gasteiger partial charge in [-0.05, 0) is 37.4 Å². The van der Waals surface area contributed by atoms with Crippen molar-refractivity contribution in [1.82, 2.24) is 10.6 Å². The quantitative estimate of drug-likeness (QED) is 0.321. The van der Waals surface area contributed by atoms with E-state index in [4.69, 9.17) is 0 Å². The Hall–Kier alpha value is 0.350. The predicted molar refractivity (Wildman–Crippen MR) is 92.2 cm³/mol. The average Bonchev–Trinajstić information content (AvgIpc) is 3.02. The Bertz CT molecular complexity index is 251. The summed E-state index contributed by atoms with van der Waals surface area (Å²) in [5.74, 6) is 3.36. The van der Waals surface area contributed by atoms with E-state index in [0.29, 0.717) is 0 Å². The molecule has 0 radical (unpaired) electrons. The minimum absolute atomic E-state index is 0. The molecule has 0 aromatic heterocycles. The molecular formula is C13H26IN3S. The van der Waals surface area contributed by atoms with Crippen molar-refractivity contribution < 1.29 is 0 Å². The van der Waals surface area contributed by atoms with Crippen molar-refractivity contribution in [2.24, 2.45) is 10.9 Å². The molecule has 1 atom stereocenters. The average molecular weight is 383 g/mol. The van der Waals surface area contributed by atoms with Crippen molar-refractivity contribution >= 4 is 41.7 Å². The normalized spacial score (nSPS) is 23.6. The van der Waals surface area contributed by atoms with Crippen LogP contribution in [0.25, 0.3) is 0 Å². The Balaban J connectivity index is 0.00000162. The van der Waals surface area contributed by atoms with Crippen LogP contribution in [0.5, 0.6) is 0 Å². The summed E-state index contributed by atoms with van der Waals surface area (Å²) in [6.45, 7) is 2.13. The van der Waals surface area contributed by atoms with Gasteiger partial charge in [0.2, 0.25) is 0 Å². The van der Waals surface area contributed by atoms with Crippen molar-refractivity contribution in [1.29, 1.82) is 0 Å². The Morgan fingerprint density at radius 3 is 2.72 bits per heavy atom. The predicted octanol–water partition coefficient (Wildman–Crippen LogP) is 2.86. The Labute approximate surface area is 132 Å². The molecule has 2 aliphatic rings. The third-order valence-corrected chi connectivity index (χ3v) is 4.92. The molecule has 1 saturated carbocycles. The van der Waals surface area contributed by atoms with Gasteiger partial charge in [-0.1, -0.05) is 12.8 Å². The number of thioether (sulfide) groups is 1. The van der Waals surface area contributed by atoms with E-state index in [1.807, 2.05) is 7.05 Å². The van der Waals surface area contributed by atoms with Gasteiger partial charge in [0.15, 0.2) is 5.96 Å². The van der Waals surface area contributed by atoms with Crippen LogP contribution < -0.4 is 10.6 Å². The molecule has 1 unspecified atom stereocenters. The summed E-state index contributed by atoms with van der Waals surface area (Å²) in [6.07, 6.45) is 8.34. The Morgan fingerprint density at radius 2 is 2.11 bits per heavy atom. The lowest BCUT2D eigenvalue weighted by Crippen LogP contribution is -2.40. The molecule has 2 N–H and O–H groups in total. The van der Waals surface area contributed by atoms with E-state index in [9.17, 15) is 0 Å². The highest BCUT2D eigenvalue weighted by Gasteiger charge is 2.20. The lowest BCUT2D eigenvalue weighted by Gasteiger charge is -2.14. The van der Waals surface area contributed by atoms with Gasteiger partial charge >= 0.3 is 0 Å². The lowest BCUT2D eigenvalue weighted by molar-refractivity contribution is 0.642.